The van der Waals surface area contributed by atoms with Gasteiger partial charge in [0.05, 0.1) is 12.2 Å². The van der Waals surface area contributed by atoms with Crippen molar-refractivity contribution in [3.05, 3.63) is 60.3 Å². The summed E-state index contributed by atoms with van der Waals surface area (Å²) in [6, 6.07) is 10.4. The largest absolute Gasteiger partial charge is 0.337 e. The van der Waals surface area contributed by atoms with Crippen molar-refractivity contribution in [2.75, 3.05) is 0 Å². The lowest BCUT2D eigenvalue weighted by molar-refractivity contribution is 0.639. The molecule has 2 N–H and O–H groups in total. The van der Waals surface area contributed by atoms with E-state index in [0.29, 0.717) is 0 Å². The van der Waals surface area contributed by atoms with E-state index in [0.717, 1.165) is 30.2 Å². The van der Waals surface area contributed by atoms with Crippen molar-refractivity contribution in [1.29, 1.82) is 0 Å². The van der Waals surface area contributed by atoms with Gasteiger partial charge in [0.25, 0.3) is 0 Å². The van der Waals surface area contributed by atoms with Crippen molar-refractivity contribution >= 4 is 0 Å². The summed E-state index contributed by atoms with van der Waals surface area (Å²) >= 11 is 0. The Labute approximate surface area is 117 Å². The smallest absolute Gasteiger partial charge is 0.122 e. The van der Waals surface area contributed by atoms with Crippen LogP contribution in [0.1, 0.15) is 11.4 Å². The van der Waals surface area contributed by atoms with Crippen LogP contribution < -0.4 is 5.32 Å². The van der Waals surface area contributed by atoms with E-state index >= 15 is 0 Å². The van der Waals surface area contributed by atoms with Crippen LogP contribution in [0.4, 0.5) is 0 Å². The minimum atomic E-state index is 0.770. The Balaban J connectivity index is 1.57. The molecule has 0 aliphatic heterocycles. The van der Waals surface area contributed by atoms with E-state index in [4.69, 9.17) is 0 Å². The van der Waals surface area contributed by atoms with Crippen molar-refractivity contribution in [3.63, 3.8) is 0 Å². The van der Waals surface area contributed by atoms with E-state index in [9.17, 15) is 0 Å². The average Bonchev–Trinajstić information content (AvgIpc) is 3.12. The second-order valence-corrected chi connectivity index (χ2v) is 4.73. The number of aromatic nitrogens is 4. The molecular weight excluding hydrogens is 250 g/mol. The second-order valence-electron chi connectivity index (χ2n) is 4.73. The first-order chi connectivity index (χ1) is 9.83. The SMILES string of the molecule is Cn1ccnc1CNCc1ccc(-c2ccn[nH]2)cc1. The van der Waals surface area contributed by atoms with Crippen LogP contribution in [0.15, 0.2) is 48.9 Å². The van der Waals surface area contributed by atoms with Gasteiger partial charge in [-0.05, 0) is 17.2 Å². The van der Waals surface area contributed by atoms with Gasteiger partial charge in [-0.1, -0.05) is 24.3 Å². The summed E-state index contributed by atoms with van der Waals surface area (Å²) in [5, 5.41) is 10.3. The van der Waals surface area contributed by atoms with Crippen LogP contribution in [0.5, 0.6) is 0 Å². The number of nitrogens with zero attached hydrogens (tertiary/aromatic N) is 3. The summed E-state index contributed by atoms with van der Waals surface area (Å²) in [5.41, 5.74) is 3.44. The molecule has 3 rings (SSSR count). The molecule has 5 nitrogen and oxygen atoms in total. The average molecular weight is 267 g/mol. The highest BCUT2D eigenvalue weighted by atomic mass is 15.1. The standard InChI is InChI=1S/C15H17N5/c1-20-9-8-17-15(20)11-16-10-12-2-4-13(5-3-12)14-6-7-18-19-14/h2-9,16H,10-11H2,1H3,(H,18,19). The molecule has 0 amide bonds. The molecule has 0 spiro atoms. The summed E-state index contributed by atoms with van der Waals surface area (Å²) in [6.45, 7) is 1.60. The number of aromatic amines is 1. The Hall–Kier alpha value is -2.40. The summed E-state index contributed by atoms with van der Waals surface area (Å²) in [4.78, 5) is 4.28. The van der Waals surface area contributed by atoms with Gasteiger partial charge in [0.2, 0.25) is 0 Å². The highest BCUT2D eigenvalue weighted by Gasteiger charge is 2.00. The topological polar surface area (TPSA) is 58.5 Å². The van der Waals surface area contributed by atoms with Gasteiger partial charge >= 0.3 is 0 Å². The summed E-state index contributed by atoms with van der Waals surface area (Å²) in [5.74, 6) is 1.04. The van der Waals surface area contributed by atoms with Gasteiger partial charge in [-0.15, -0.1) is 0 Å². The lowest BCUT2D eigenvalue weighted by atomic mass is 10.1. The zero-order valence-electron chi connectivity index (χ0n) is 11.4. The summed E-state index contributed by atoms with van der Waals surface area (Å²) in [7, 11) is 2.00. The monoisotopic (exact) mass is 267 g/mol. The van der Waals surface area contributed by atoms with Crippen molar-refractivity contribution in [2.24, 2.45) is 7.05 Å². The minimum Gasteiger partial charge on any atom is -0.337 e. The Kier molecular flexibility index (Phi) is 3.60. The van der Waals surface area contributed by atoms with E-state index in [2.05, 4.69) is 44.8 Å². The number of hydrogen-bond donors (Lipinski definition) is 2. The number of benzene rings is 1. The van der Waals surface area contributed by atoms with Gasteiger partial charge in [-0.3, -0.25) is 5.10 Å². The van der Waals surface area contributed by atoms with Crippen LogP contribution in [0.25, 0.3) is 11.3 Å². The fourth-order valence-corrected chi connectivity index (χ4v) is 2.10. The molecule has 102 valence electrons. The molecule has 0 radical (unpaired) electrons. The Morgan fingerprint density at radius 3 is 2.60 bits per heavy atom. The molecule has 0 saturated heterocycles. The number of rotatable bonds is 5. The highest BCUT2D eigenvalue weighted by Crippen LogP contribution is 2.16. The number of aryl methyl sites for hydroxylation is 1. The first-order valence-electron chi connectivity index (χ1n) is 6.58. The molecule has 2 heterocycles. The fraction of sp³-hybridized carbons (Fsp3) is 0.200. The van der Waals surface area contributed by atoms with E-state index in [1.54, 1.807) is 6.20 Å². The molecule has 0 aliphatic carbocycles. The Morgan fingerprint density at radius 2 is 1.95 bits per heavy atom. The molecule has 0 fully saturated rings. The quantitative estimate of drug-likeness (QED) is 0.744. The molecular formula is C15H17N5. The maximum atomic E-state index is 4.28. The maximum Gasteiger partial charge on any atom is 0.122 e. The molecule has 5 heteroatoms. The van der Waals surface area contributed by atoms with E-state index in [-0.39, 0.29) is 0 Å². The number of imidazole rings is 1. The normalized spacial score (nSPS) is 10.8. The van der Waals surface area contributed by atoms with Gasteiger partial charge < -0.3 is 9.88 Å². The van der Waals surface area contributed by atoms with Crippen LogP contribution >= 0.6 is 0 Å². The zero-order chi connectivity index (χ0) is 13.8. The molecule has 0 atom stereocenters. The predicted molar refractivity (Wildman–Crippen MR) is 77.8 cm³/mol. The number of H-pyrrole nitrogens is 1. The fourth-order valence-electron chi connectivity index (χ4n) is 2.10. The first kappa shape index (κ1) is 12.6. The van der Waals surface area contributed by atoms with Gasteiger partial charge in [0, 0.05) is 32.2 Å². The van der Waals surface area contributed by atoms with Crippen LogP contribution in [-0.4, -0.2) is 19.7 Å². The molecule has 2 aromatic heterocycles. The second kappa shape index (κ2) is 5.71. The van der Waals surface area contributed by atoms with Gasteiger partial charge in [-0.2, -0.15) is 5.10 Å². The third kappa shape index (κ3) is 2.78. The molecule has 0 bridgehead atoms. The molecule has 0 unspecified atom stereocenters. The van der Waals surface area contributed by atoms with Gasteiger partial charge in [-0.25, -0.2) is 4.98 Å². The third-order valence-electron chi connectivity index (χ3n) is 3.30. The molecule has 20 heavy (non-hydrogen) atoms. The van der Waals surface area contributed by atoms with Crippen LogP contribution in [0, 0.1) is 0 Å². The zero-order valence-corrected chi connectivity index (χ0v) is 11.4. The van der Waals surface area contributed by atoms with Crippen LogP contribution in [0.2, 0.25) is 0 Å². The van der Waals surface area contributed by atoms with Gasteiger partial charge in [0.15, 0.2) is 0 Å². The van der Waals surface area contributed by atoms with Crippen LogP contribution in [0.3, 0.4) is 0 Å². The highest BCUT2D eigenvalue weighted by molar-refractivity contribution is 5.58. The number of nitrogens with one attached hydrogen (secondary N) is 2. The predicted octanol–water partition coefficient (Wildman–Crippen LogP) is 2.10. The Morgan fingerprint density at radius 1 is 1.10 bits per heavy atom. The molecule has 1 aromatic carbocycles. The van der Waals surface area contributed by atoms with Crippen molar-refractivity contribution in [3.8, 4) is 11.3 Å². The Bertz CT molecular complexity index is 652. The van der Waals surface area contributed by atoms with E-state index < -0.39 is 0 Å². The van der Waals surface area contributed by atoms with Crippen molar-refractivity contribution < 1.29 is 0 Å². The lowest BCUT2D eigenvalue weighted by Gasteiger charge is -2.06. The minimum absolute atomic E-state index is 0.770. The summed E-state index contributed by atoms with van der Waals surface area (Å²) < 4.78 is 2.02. The molecule has 0 saturated carbocycles. The third-order valence-corrected chi connectivity index (χ3v) is 3.30. The summed E-state index contributed by atoms with van der Waals surface area (Å²) in [6.07, 6.45) is 5.53. The van der Waals surface area contributed by atoms with Gasteiger partial charge in [0.1, 0.15) is 5.82 Å². The molecule has 3 aromatic rings. The van der Waals surface area contributed by atoms with E-state index in [1.807, 2.05) is 30.1 Å². The number of hydrogen-bond acceptors (Lipinski definition) is 3. The van der Waals surface area contributed by atoms with Crippen molar-refractivity contribution in [2.45, 2.75) is 13.1 Å². The maximum absolute atomic E-state index is 4.28. The first-order valence-corrected chi connectivity index (χ1v) is 6.58. The lowest BCUT2D eigenvalue weighted by Crippen LogP contribution is -2.15. The molecule has 0 aliphatic rings. The van der Waals surface area contributed by atoms with E-state index in [1.165, 1.54) is 5.56 Å². The van der Waals surface area contributed by atoms with Crippen molar-refractivity contribution in [1.82, 2.24) is 25.1 Å². The van der Waals surface area contributed by atoms with Crippen LogP contribution in [-0.2, 0) is 20.1 Å².